The Hall–Kier alpha value is -7.68. The van der Waals surface area contributed by atoms with Crippen LogP contribution in [0.5, 0.6) is 11.5 Å². The van der Waals surface area contributed by atoms with Crippen molar-refractivity contribution in [3.8, 4) is 33.2 Å². The number of aliphatic hydroxyl groups is 6. The summed E-state index contributed by atoms with van der Waals surface area (Å²) in [6.45, 7) is 2.94. The number of phenols is 1. The van der Waals surface area contributed by atoms with Gasteiger partial charge in [0.2, 0.25) is 47.3 Å². The van der Waals surface area contributed by atoms with Gasteiger partial charge in [0.25, 0.3) is 0 Å². The van der Waals surface area contributed by atoms with E-state index < -0.39 is 181 Å². The number of hydrogen-bond donors (Lipinski definition) is 15. The van der Waals surface area contributed by atoms with Crippen molar-refractivity contribution >= 4 is 69.0 Å². The molecule has 13 atom stereocenters. The predicted octanol–water partition coefficient (Wildman–Crippen LogP) is -1.59. The molecule has 4 saturated heterocycles. The highest BCUT2D eigenvalue weighted by atomic mass is 32.3. The number of nitrogens with zero attached hydrogens (tertiary/aromatic N) is 7. The van der Waals surface area contributed by atoms with E-state index in [1.54, 1.807) is 0 Å². The molecule has 33 nitrogen and oxygen atoms in total. The lowest BCUT2D eigenvalue weighted by Crippen LogP contribution is -2.64. The van der Waals surface area contributed by atoms with Gasteiger partial charge < -0.3 is 97.0 Å². The minimum Gasteiger partial charge on any atom is -0.504 e. The second kappa shape index (κ2) is 34.7. The molecule has 0 unspecified atom stereocenters. The van der Waals surface area contributed by atoms with Crippen LogP contribution >= 0.6 is 11.3 Å². The first-order valence-electron chi connectivity index (χ1n) is 34.9. The van der Waals surface area contributed by atoms with Crippen molar-refractivity contribution in [1.29, 1.82) is 0 Å². The number of carbonyl (C=O) groups excluding carboxylic acids is 7. The molecule has 2 aromatic heterocycles. The van der Waals surface area contributed by atoms with Crippen LogP contribution in [-0.4, -0.2) is 257 Å². The molecule has 0 bridgehead atoms. The Kier molecular flexibility index (Phi) is 26.2. The van der Waals surface area contributed by atoms with Gasteiger partial charge in [0.05, 0.1) is 61.3 Å². The van der Waals surface area contributed by atoms with E-state index in [4.69, 9.17) is 20.4 Å². The second-order valence-corrected chi connectivity index (χ2v) is 29.7. The van der Waals surface area contributed by atoms with Crippen LogP contribution in [0.1, 0.15) is 120 Å². The molecule has 0 radical (unpaired) electrons. The number of anilines is 1. The predicted molar refractivity (Wildman–Crippen MR) is 367 cm³/mol. The van der Waals surface area contributed by atoms with E-state index in [1.165, 1.54) is 44.4 Å². The third-order valence-corrected chi connectivity index (χ3v) is 21.5. The zero-order valence-corrected chi connectivity index (χ0v) is 58.5. The fourth-order valence-corrected chi connectivity index (χ4v) is 15.7. The molecule has 6 fully saturated rings. The molecular weight excluding hydrogens is 1370 g/mol. The number of phenolic OH excluding ortho intramolecular Hbond substituents is 1. The van der Waals surface area contributed by atoms with Gasteiger partial charge in [-0.3, -0.25) is 38.1 Å². The summed E-state index contributed by atoms with van der Waals surface area (Å²) in [6.07, 6.45) is 2.05. The molecular formula is C67H94N14O19S2. The molecule has 35 heteroatoms. The Morgan fingerprint density at radius 1 is 0.745 bits per heavy atom. The standard InChI is InChI=1S/C67H94N14O19S2/c1-35-33-81-57(58(35)89)62(93)71-32-43(83)26-47(70-29-37-8-11-40(12-9-37)63-77-78-64(101-63)41-15-13-39(14-16-41)42-30-72-67(73-31-42)79-22-18-46(19-23-79)99-45-6-4-3-5-7-45)59(90)74-54(36(2)82)65(94)80-34-44(84)27-48(80)60(91)75-55(50(86)24-38-10-17-49(85)52(25-38)100-102(96,97)98)61(92)76-56(66(81)95)51(87)28-53(88)69-21-20-68/h10,13-17,25,30-31,35-37,40,43-48,50-51,54-58,70,82-87,89H,3-9,11-12,18-24,26-29,32-34,68H2,1-2H3,(H,69,88)(H,71,93)(H,74,90)(H,75,91)(H,76,92)(H,96,97,98)/t35-,36+,37?,40?,43+,44+,47-,48-,50+,51+,54-,55-,56-,57-,58-/m0/s1. The summed E-state index contributed by atoms with van der Waals surface area (Å²) in [5, 5.41) is 106. The largest absolute Gasteiger partial charge is 0.504 e. The number of aliphatic hydroxyl groups excluding tert-OH is 6. The Morgan fingerprint density at radius 2 is 1.40 bits per heavy atom. The Labute approximate surface area is 594 Å². The minimum atomic E-state index is -5.23. The highest BCUT2D eigenvalue weighted by Gasteiger charge is 2.50. The van der Waals surface area contributed by atoms with E-state index in [0.29, 0.717) is 24.9 Å². The molecule has 2 aromatic carbocycles. The van der Waals surface area contributed by atoms with Crippen molar-refractivity contribution < 1.29 is 91.2 Å². The third-order valence-electron chi connectivity index (χ3n) is 20.0. The van der Waals surface area contributed by atoms with Gasteiger partial charge in [-0.05, 0) is 100 Å². The number of hydrogen-bond acceptors (Lipinski definition) is 26. The van der Waals surface area contributed by atoms with Crippen LogP contribution in [0.4, 0.5) is 5.95 Å². The number of carbonyl (C=O) groups is 7. The lowest BCUT2D eigenvalue weighted by Gasteiger charge is -2.34. The van der Waals surface area contributed by atoms with Crippen molar-refractivity contribution in [2.75, 3.05) is 57.3 Å². The Balaban J connectivity index is 0.835. The van der Waals surface area contributed by atoms with Crippen molar-refractivity contribution in [1.82, 2.24) is 61.9 Å². The average Bonchev–Trinajstić information content (AvgIpc) is 1.64. The number of fused-ring (bicyclic) bond motifs is 2. The molecule has 0 spiro atoms. The van der Waals surface area contributed by atoms with Crippen molar-refractivity contribution in [2.45, 2.75) is 201 Å². The molecule has 2 saturated carbocycles. The minimum absolute atomic E-state index is 0.0234. The van der Waals surface area contributed by atoms with Gasteiger partial charge in [-0.15, -0.1) is 10.2 Å². The summed E-state index contributed by atoms with van der Waals surface area (Å²) in [4.78, 5) is 115. The van der Waals surface area contributed by atoms with Gasteiger partial charge in [-0.1, -0.05) is 67.9 Å². The number of β-amino-alcohol motifs (C(OH)–C–C–N with tert-alkyl or cyclic N) is 1. The van der Waals surface area contributed by atoms with Gasteiger partial charge in [0.1, 0.15) is 40.2 Å². The zero-order valence-electron chi connectivity index (χ0n) is 56.9. The van der Waals surface area contributed by atoms with Crippen LogP contribution in [0.25, 0.3) is 21.7 Å². The molecule has 2 aliphatic carbocycles. The smallest absolute Gasteiger partial charge is 0.446 e. The number of ether oxygens (including phenoxy) is 1. The van der Waals surface area contributed by atoms with Crippen LogP contribution in [0, 0.1) is 11.8 Å². The lowest BCUT2D eigenvalue weighted by molar-refractivity contribution is -0.147. The molecule has 7 amide bonds. The molecule has 6 aliphatic rings. The van der Waals surface area contributed by atoms with Crippen LogP contribution in [0.3, 0.4) is 0 Å². The quantitative estimate of drug-likeness (QED) is 0.0444. The molecule has 10 rings (SSSR count). The fourth-order valence-electron chi connectivity index (χ4n) is 14.3. The zero-order chi connectivity index (χ0) is 73.1. The number of nitrogens with two attached hydrogens (primary N) is 1. The maximum absolute atomic E-state index is 14.9. The van der Waals surface area contributed by atoms with Crippen molar-refractivity contribution in [3.63, 3.8) is 0 Å². The first-order chi connectivity index (χ1) is 48.7. The van der Waals surface area contributed by atoms with Gasteiger partial charge in [-0.25, -0.2) is 9.97 Å². The van der Waals surface area contributed by atoms with E-state index in [1.807, 2.05) is 36.7 Å². The van der Waals surface area contributed by atoms with E-state index >= 15 is 0 Å². The number of amides is 7. The maximum atomic E-state index is 14.9. The Morgan fingerprint density at radius 3 is 2.08 bits per heavy atom. The third kappa shape index (κ3) is 19.8. The summed E-state index contributed by atoms with van der Waals surface area (Å²) in [7, 11) is -5.23. The van der Waals surface area contributed by atoms with E-state index in [-0.39, 0.29) is 49.7 Å². The first kappa shape index (κ1) is 76.9. The Bertz CT molecular complexity index is 3670. The fraction of sp³-hybridized carbons (Fsp3) is 0.627. The van der Waals surface area contributed by atoms with Crippen LogP contribution in [0.15, 0.2) is 54.9 Å². The summed E-state index contributed by atoms with van der Waals surface area (Å²) in [5.41, 5.74) is 8.20. The monoisotopic (exact) mass is 1460 g/mol. The summed E-state index contributed by atoms with van der Waals surface area (Å²) >= 11 is 1.51. The summed E-state index contributed by atoms with van der Waals surface area (Å²) in [6, 6.07) is -0.216. The molecule has 6 heterocycles. The molecule has 102 heavy (non-hydrogen) atoms. The van der Waals surface area contributed by atoms with Gasteiger partial charge in [0.15, 0.2) is 11.5 Å². The van der Waals surface area contributed by atoms with Crippen molar-refractivity contribution in [3.05, 3.63) is 65.4 Å². The number of nitrogens with one attached hydrogen (secondary N) is 6. The second-order valence-electron chi connectivity index (χ2n) is 27.7. The highest BCUT2D eigenvalue weighted by molar-refractivity contribution is 7.81. The highest BCUT2D eigenvalue weighted by Crippen LogP contribution is 2.39. The number of piperidine rings is 1. The summed E-state index contributed by atoms with van der Waals surface area (Å²) in [5.74, 6) is -9.53. The number of aromatic hydroxyl groups is 1. The first-order valence-corrected chi connectivity index (χ1v) is 37.1. The van der Waals surface area contributed by atoms with E-state index in [9.17, 15) is 82.3 Å². The SMILES string of the molecule is C[C@@H](O)[C@@H]1NC(=O)[C@@H](NCC2CCC(c3nnc(-c4ccc(-c5cnc(N6CCC(OC7CCCCC7)CC6)nc5)cc4)s3)CC2)C[C@@H](O)CNC(=O)[C@@H]2[C@@H](O)[C@@H](C)CN2C(=O)[C@H]([C@H](O)CC(=O)NCCN)NC(=O)[C@H]([C@H](O)Cc2ccc(O)c(OS(=O)(=O)O)c2)NC(=O)[C@@H]2C[C@@H](O)CN2C1=O. The molecule has 4 aromatic rings. The normalized spacial score (nSPS) is 28.2. The van der Waals surface area contributed by atoms with Crippen LogP contribution in [0.2, 0.25) is 0 Å². The van der Waals surface area contributed by atoms with Gasteiger partial charge >= 0.3 is 10.4 Å². The van der Waals surface area contributed by atoms with Crippen LogP contribution in [-0.2, 0) is 55.1 Å². The topological polar surface area (TPSA) is 493 Å². The van der Waals surface area contributed by atoms with Crippen molar-refractivity contribution in [2.24, 2.45) is 17.6 Å². The molecule has 16 N–H and O–H groups in total. The molecule has 4 aliphatic heterocycles. The number of benzene rings is 2. The summed E-state index contributed by atoms with van der Waals surface area (Å²) < 4.78 is 43.5. The maximum Gasteiger partial charge on any atom is 0.446 e. The average molecular weight is 1460 g/mol. The van der Waals surface area contributed by atoms with Crippen LogP contribution < -0.4 is 46.7 Å². The number of aromatic nitrogens is 4. The van der Waals surface area contributed by atoms with E-state index in [0.717, 1.165) is 106 Å². The van der Waals surface area contributed by atoms with Gasteiger partial charge in [0, 0.05) is 94.0 Å². The van der Waals surface area contributed by atoms with E-state index in [2.05, 4.69) is 51.2 Å². The number of rotatable bonds is 20. The molecule has 558 valence electrons. The lowest BCUT2D eigenvalue weighted by atomic mass is 9.82. The van der Waals surface area contributed by atoms with Gasteiger partial charge in [-0.2, -0.15) is 8.42 Å².